The maximum absolute atomic E-state index is 6.33. The van der Waals surface area contributed by atoms with Gasteiger partial charge < -0.3 is 9.47 Å². The topological polar surface area (TPSA) is 47.0 Å². The van der Waals surface area contributed by atoms with E-state index in [1.807, 2.05) is 42.5 Å². The number of pyridine rings is 1. The smallest absolute Gasteiger partial charge is 0.213 e. The van der Waals surface area contributed by atoms with Crippen LogP contribution in [0.5, 0.6) is 11.5 Å². The van der Waals surface area contributed by atoms with E-state index in [2.05, 4.69) is 28.2 Å². The van der Waals surface area contributed by atoms with Crippen molar-refractivity contribution in [1.82, 2.24) is 9.99 Å². The maximum atomic E-state index is 6.33. The van der Waals surface area contributed by atoms with Crippen molar-refractivity contribution in [2.45, 2.75) is 18.7 Å². The maximum Gasteiger partial charge on any atom is 0.213 e. The van der Waals surface area contributed by atoms with Crippen molar-refractivity contribution < 1.29 is 9.47 Å². The summed E-state index contributed by atoms with van der Waals surface area (Å²) in [6.45, 7) is 0. The zero-order valence-corrected chi connectivity index (χ0v) is 14.9. The molecule has 27 heavy (non-hydrogen) atoms. The number of hydrogen-bond acceptors (Lipinski definition) is 5. The summed E-state index contributed by atoms with van der Waals surface area (Å²) in [4.78, 5) is 4.13. The molecule has 5 nitrogen and oxygen atoms in total. The molecule has 2 atom stereocenters. The lowest BCUT2D eigenvalue weighted by Crippen LogP contribution is -2.33. The summed E-state index contributed by atoms with van der Waals surface area (Å²) in [6, 6.07) is 20.4. The van der Waals surface area contributed by atoms with E-state index >= 15 is 0 Å². The summed E-state index contributed by atoms with van der Waals surface area (Å²) in [5, 5.41) is 7.04. The summed E-state index contributed by atoms with van der Waals surface area (Å²) < 4.78 is 11.7. The van der Waals surface area contributed by atoms with Crippen molar-refractivity contribution in [3.63, 3.8) is 0 Å². The van der Waals surface area contributed by atoms with Crippen LogP contribution in [0.3, 0.4) is 0 Å². The van der Waals surface area contributed by atoms with E-state index in [1.54, 1.807) is 19.5 Å². The number of rotatable bonds is 3. The largest absolute Gasteiger partial charge is 0.497 e. The zero-order valence-electron chi connectivity index (χ0n) is 14.9. The second kappa shape index (κ2) is 6.43. The van der Waals surface area contributed by atoms with Crippen LogP contribution >= 0.6 is 0 Å². The van der Waals surface area contributed by atoms with Gasteiger partial charge in [0.2, 0.25) is 6.23 Å². The van der Waals surface area contributed by atoms with E-state index in [-0.39, 0.29) is 12.3 Å². The standard InChI is InChI=1S/C22H19N3O2/c1-26-17-6-4-5-16(13-17)19-14-20-18-7-2-3-8-21(18)27-22(25(20)24-19)15-9-11-23-12-10-15/h2-13,20,22H,14H2,1H3/t20-,22-/m1/s1. The molecule has 0 unspecified atom stereocenters. The van der Waals surface area contributed by atoms with Crippen molar-refractivity contribution >= 4 is 5.71 Å². The van der Waals surface area contributed by atoms with E-state index in [1.165, 1.54) is 5.56 Å². The molecule has 0 amide bonds. The second-order valence-electron chi connectivity index (χ2n) is 6.67. The third-order valence-electron chi connectivity index (χ3n) is 5.09. The van der Waals surface area contributed by atoms with Gasteiger partial charge >= 0.3 is 0 Å². The Morgan fingerprint density at radius 3 is 2.74 bits per heavy atom. The fourth-order valence-corrected chi connectivity index (χ4v) is 3.76. The third-order valence-corrected chi connectivity index (χ3v) is 5.09. The van der Waals surface area contributed by atoms with Gasteiger partial charge in [-0.1, -0.05) is 30.3 Å². The van der Waals surface area contributed by atoms with Crippen molar-refractivity contribution in [2.24, 2.45) is 5.10 Å². The number of nitrogens with zero attached hydrogens (tertiary/aromatic N) is 3. The summed E-state index contributed by atoms with van der Waals surface area (Å²) >= 11 is 0. The van der Waals surface area contributed by atoms with Gasteiger partial charge in [-0.25, -0.2) is 5.01 Å². The fourth-order valence-electron chi connectivity index (χ4n) is 3.76. The number of hydrogen-bond donors (Lipinski definition) is 0. The van der Waals surface area contributed by atoms with E-state index in [0.717, 1.165) is 34.8 Å². The van der Waals surface area contributed by atoms with Crippen molar-refractivity contribution in [3.8, 4) is 11.5 Å². The number of para-hydroxylation sites is 1. The molecule has 2 aliphatic rings. The number of ether oxygens (including phenoxy) is 2. The van der Waals surface area contributed by atoms with Crippen LogP contribution in [0, 0.1) is 0 Å². The van der Waals surface area contributed by atoms with Crippen LogP contribution in [-0.4, -0.2) is 22.8 Å². The van der Waals surface area contributed by atoms with Crippen molar-refractivity contribution in [3.05, 3.63) is 89.7 Å². The van der Waals surface area contributed by atoms with Gasteiger partial charge in [0, 0.05) is 35.5 Å². The minimum absolute atomic E-state index is 0.148. The van der Waals surface area contributed by atoms with Gasteiger partial charge in [0.1, 0.15) is 11.5 Å². The summed E-state index contributed by atoms with van der Waals surface area (Å²) in [7, 11) is 1.68. The van der Waals surface area contributed by atoms with Crippen LogP contribution in [0.25, 0.3) is 0 Å². The van der Waals surface area contributed by atoms with E-state index in [9.17, 15) is 0 Å². The van der Waals surface area contributed by atoms with Crippen LogP contribution in [0.2, 0.25) is 0 Å². The second-order valence-corrected chi connectivity index (χ2v) is 6.67. The van der Waals surface area contributed by atoms with Gasteiger partial charge in [-0.3, -0.25) is 4.98 Å². The number of hydrazone groups is 1. The summed E-state index contributed by atoms with van der Waals surface area (Å²) in [5.41, 5.74) is 4.33. The van der Waals surface area contributed by atoms with Gasteiger partial charge in [-0.15, -0.1) is 0 Å². The molecule has 134 valence electrons. The SMILES string of the molecule is COc1cccc(C2=NN3[C@H](C2)c2ccccc2O[C@@H]3c2ccncc2)c1. The minimum atomic E-state index is -0.268. The molecule has 0 N–H and O–H groups in total. The first-order valence-corrected chi connectivity index (χ1v) is 8.99. The molecule has 0 fully saturated rings. The average molecular weight is 357 g/mol. The lowest BCUT2D eigenvalue weighted by Gasteiger charge is -2.38. The molecule has 0 saturated heterocycles. The molecule has 3 aromatic rings. The van der Waals surface area contributed by atoms with Crippen molar-refractivity contribution in [2.75, 3.05) is 7.11 Å². The normalized spacial score (nSPS) is 20.3. The van der Waals surface area contributed by atoms with Gasteiger partial charge in [0.15, 0.2) is 0 Å². The van der Waals surface area contributed by atoms with Crippen molar-refractivity contribution in [1.29, 1.82) is 0 Å². The predicted octanol–water partition coefficient (Wildman–Crippen LogP) is 4.33. The highest BCUT2D eigenvalue weighted by molar-refractivity contribution is 6.02. The Bertz CT molecular complexity index is 1000. The molecule has 5 heteroatoms. The van der Waals surface area contributed by atoms with Crippen LogP contribution in [0.1, 0.15) is 35.4 Å². The fraction of sp³-hybridized carbons (Fsp3) is 0.182. The highest BCUT2D eigenvalue weighted by Crippen LogP contribution is 2.47. The minimum Gasteiger partial charge on any atom is -0.497 e. The first-order valence-electron chi connectivity index (χ1n) is 8.99. The molecule has 2 aromatic carbocycles. The molecule has 0 spiro atoms. The highest BCUT2D eigenvalue weighted by atomic mass is 16.5. The Morgan fingerprint density at radius 2 is 1.89 bits per heavy atom. The molecule has 1 aromatic heterocycles. The van der Waals surface area contributed by atoms with Crippen LogP contribution in [-0.2, 0) is 0 Å². The molecule has 0 radical (unpaired) electrons. The lowest BCUT2D eigenvalue weighted by atomic mass is 9.96. The zero-order chi connectivity index (χ0) is 18.2. The Kier molecular flexibility index (Phi) is 3.78. The monoisotopic (exact) mass is 357 g/mol. The Labute approximate surface area is 157 Å². The molecule has 0 saturated carbocycles. The average Bonchev–Trinajstić information content (AvgIpc) is 3.19. The lowest BCUT2D eigenvalue weighted by molar-refractivity contribution is -0.0190. The van der Waals surface area contributed by atoms with Crippen LogP contribution < -0.4 is 9.47 Å². The third kappa shape index (κ3) is 2.72. The Balaban J connectivity index is 1.59. The van der Waals surface area contributed by atoms with E-state index in [4.69, 9.17) is 14.6 Å². The first kappa shape index (κ1) is 15.9. The summed E-state index contributed by atoms with van der Waals surface area (Å²) in [6.07, 6.45) is 4.14. The molecular weight excluding hydrogens is 338 g/mol. The number of fused-ring (bicyclic) bond motifs is 3. The van der Waals surface area contributed by atoms with Gasteiger partial charge in [0.25, 0.3) is 0 Å². The van der Waals surface area contributed by atoms with Gasteiger partial charge in [0.05, 0.1) is 18.9 Å². The molecule has 0 bridgehead atoms. The predicted molar refractivity (Wildman–Crippen MR) is 103 cm³/mol. The number of methoxy groups -OCH3 is 1. The van der Waals surface area contributed by atoms with E-state index in [0.29, 0.717) is 0 Å². The number of benzene rings is 2. The molecule has 5 rings (SSSR count). The molecule has 3 heterocycles. The molecule has 0 aliphatic carbocycles. The highest BCUT2D eigenvalue weighted by Gasteiger charge is 2.40. The van der Waals surface area contributed by atoms with Crippen LogP contribution in [0.4, 0.5) is 0 Å². The number of aromatic nitrogens is 1. The molecule has 2 aliphatic heterocycles. The van der Waals surface area contributed by atoms with Gasteiger partial charge in [-0.2, -0.15) is 5.10 Å². The molecular formula is C22H19N3O2. The Hall–Kier alpha value is -3.34. The Morgan fingerprint density at radius 1 is 1.04 bits per heavy atom. The quantitative estimate of drug-likeness (QED) is 0.700. The van der Waals surface area contributed by atoms with E-state index < -0.39 is 0 Å². The first-order chi connectivity index (χ1) is 13.3. The van der Waals surface area contributed by atoms with Crippen LogP contribution in [0.15, 0.2) is 78.2 Å². The van der Waals surface area contributed by atoms with Gasteiger partial charge in [-0.05, 0) is 30.3 Å². The summed E-state index contributed by atoms with van der Waals surface area (Å²) in [5.74, 6) is 1.75.